The SMILES string of the molecule is CC(C)C(=O)N1CCCc2ccc(NC(=O)NCCCc3ccccc3)cc21. The molecule has 5 heteroatoms. The molecule has 3 amide bonds. The third-order valence-electron chi connectivity index (χ3n) is 4.99. The number of fused-ring (bicyclic) bond motifs is 1. The molecule has 5 nitrogen and oxygen atoms in total. The zero-order valence-corrected chi connectivity index (χ0v) is 16.7. The molecule has 3 rings (SSSR count). The van der Waals surface area contributed by atoms with E-state index in [0.717, 1.165) is 43.5 Å². The Hall–Kier alpha value is -2.82. The molecule has 2 N–H and O–H groups in total. The summed E-state index contributed by atoms with van der Waals surface area (Å²) in [6.07, 6.45) is 3.76. The number of rotatable bonds is 6. The number of hydrogen-bond donors (Lipinski definition) is 2. The Labute approximate surface area is 167 Å². The van der Waals surface area contributed by atoms with Crippen molar-refractivity contribution in [3.63, 3.8) is 0 Å². The summed E-state index contributed by atoms with van der Waals surface area (Å²) >= 11 is 0. The molecule has 2 aromatic rings. The molecule has 0 bridgehead atoms. The van der Waals surface area contributed by atoms with Gasteiger partial charge >= 0.3 is 6.03 Å². The van der Waals surface area contributed by atoms with Crippen molar-refractivity contribution in [1.29, 1.82) is 0 Å². The highest BCUT2D eigenvalue weighted by Crippen LogP contribution is 2.31. The van der Waals surface area contributed by atoms with E-state index < -0.39 is 0 Å². The molecule has 1 aliphatic rings. The minimum Gasteiger partial charge on any atom is -0.338 e. The fraction of sp³-hybridized carbons (Fsp3) is 0.391. The first kappa shape index (κ1) is 19.9. The van der Waals surface area contributed by atoms with Crippen LogP contribution in [0.15, 0.2) is 48.5 Å². The zero-order valence-electron chi connectivity index (χ0n) is 16.7. The van der Waals surface area contributed by atoms with Crippen molar-refractivity contribution in [2.45, 2.75) is 39.5 Å². The number of hydrogen-bond acceptors (Lipinski definition) is 2. The molecule has 2 aromatic carbocycles. The van der Waals surface area contributed by atoms with Crippen molar-refractivity contribution in [3.8, 4) is 0 Å². The zero-order chi connectivity index (χ0) is 19.9. The molecule has 0 saturated carbocycles. The van der Waals surface area contributed by atoms with E-state index in [-0.39, 0.29) is 17.9 Å². The van der Waals surface area contributed by atoms with Crippen LogP contribution in [0.1, 0.15) is 37.8 Å². The minimum absolute atomic E-state index is 0.0459. The monoisotopic (exact) mass is 379 g/mol. The summed E-state index contributed by atoms with van der Waals surface area (Å²) in [5.74, 6) is 0.0824. The maximum Gasteiger partial charge on any atom is 0.319 e. The molecule has 1 heterocycles. The van der Waals surface area contributed by atoms with Crippen LogP contribution in [0.4, 0.5) is 16.2 Å². The van der Waals surface area contributed by atoms with Gasteiger partial charge in [0.05, 0.1) is 0 Å². The highest BCUT2D eigenvalue weighted by atomic mass is 16.2. The number of carbonyl (C=O) groups is 2. The van der Waals surface area contributed by atoms with E-state index in [9.17, 15) is 9.59 Å². The van der Waals surface area contributed by atoms with Gasteiger partial charge in [-0.05, 0) is 48.9 Å². The first-order valence-electron chi connectivity index (χ1n) is 10.1. The summed E-state index contributed by atoms with van der Waals surface area (Å²) in [5, 5.41) is 5.79. The molecule has 0 spiro atoms. The van der Waals surface area contributed by atoms with E-state index in [2.05, 4.69) is 22.8 Å². The van der Waals surface area contributed by atoms with Crippen LogP contribution < -0.4 is 15.5 Å². The van der Waals surface area contributed by atoms with Crippen LogP contribution >= 0.6 is 0 Å². The molecule has 148 valence electrons. The minimum atomic E-state index is -0.217. The number of urea groups is 1. The second kappa shape index (κ2) is 9.40. The maximum absolute atomic E-state index is 12.5. The number of benzene rings is 2. The standard InChI is InChI=1S/C23H29N3O2/c1-17(2)22(27)26-15-7-11-19-12-13-20(16-21(19)26)25-23(28)24-14-6-10-18-8-4-3-5-9-18/h3-5,8-9,12-13,16-17H,6-7,10-11,14-15H2,1-2H3,(H2,24,25,28). The molecule has 0 aliphatic carbocycles. The van der Waals surface area contributed by atoms with Crippen molar-refractivity contribution in [3.05, 3.63) is 59.7 Å². The predicted molar refractivity (Wildman–Crippen MR) is 114 cm³/mol. The van der Waals surface area contributed by atoms with Crippen LogP contribution in [0.3, 0.4) is 0 Å². The highest BCUT2D eigenvalue weighted by Gasteiger charge is 2.24. The fourth-order valence-corrected chi connectivity index (χ4v) is 3.51. The molecule has 0 fully saturated rings. The van der Waals surface area contributed by atoms with Gasteiger partial charge in [0.2, 0.25) is 5.91 Å². The van der Waals surface area contributed by atoms with Crippen molar-refractivity contribution in [1.82, 2.24) is 5.32 Å². The number of carbonyl (C=O) groups excluding carboxylic acids is 2. The number of nitrogens with zero attached hydrogens (tertiary/aromatic N) is 1. The lowest BCUT2D eigenvalue weighted by Gasteiger charge is -2.31. The smallest absolute Gasteiger partial charge is 0.319 e. The summed E-state index contributed by atoms with van der Waals surface area (Å²) in [6, 6.07) is 15.9. The molecule has 0 aromatic heterocycles. The molecule has 0 saturated heterocycles. The number of amides is 3. The van der Waals surface area contributed by atoms with E-state index >= 15 is 0 Å². The van der Waals surface area contributed by atoms with Crippen LogP contribution in [0.25, 0.3) is 0 Å². The Morgan fingerprint density at radius 1 is 1.11 bits per heavy atom. The third kappa shape index (κ3) is 5.12. The van der Waals surface area contributed by atoms with Crippen molar-refractivity contribution in [2.75, 3.05) is 23.3 Å². The van der Waals surface area contributed by atoms with E-state index in [1.54, 1.807) is 0 Å². The van der Waals surface area contributed by atoms with Crippen LogP contribution in [0.2, 0.25) is 0 Å². The van der Waals surface area contributed by atoms with Gasteiger partial charge in [-0.1, -0.05) is 50.2 Å². The quantitative estimate of drug-likeness (QED) is 0.732. The Bertz CT molecular complexity index is 818. The normalized spacial score (nSPS) is 13.2. The maximum atomic E-state index is 12.5. The second-order valence-electron chi connectivity index (χ2n) is 7.56. The predicted octanol–water partition coefficient (Wildman–Crippen LogP) is 4.38. The lowest BCUT2D eigenvalue weighted by atomic mass is 9.99. The van der Waals surface area contributed by atoms with Crippen LogP contribution in [0.5, 0.6) is 0 Å². The largest absolute Gasteiger partial charge is 0.338 e. The van der Waals surface area contributed by atoms with Crippen LogP contribution in [-0.2, 0) is 17.6 Å². The summed E-state index contributed by atoms with van der Waals surface area (Å²) in [6.45, 7) is 5.19. The average molecular weight is 380 g/mol. The van der Waals surface area contributed by atoms with Gasteiger partial charge in [0.15, 0.2) is 0 Å². The Morgan fingerprint density at radius 2 is 1.89 bits per heavy atom. The molecular formula is C23H29N3O2. The molecule has 0 atom stereocenters. The molecule has 1 aliphatic heterocycles. The van der Waals surface area contributed by atoms with Crippen molar-refractivity contribution < 1.29 is 9.59 Å². The lowest BCUT2D eigenvalue weighted by molar-refractivity contribution is -0.121. The molecular weight excluding hydrogens is 350 g/mol. The van der Waals surface area contributed by atoms with Crippen LogP contribution in [0, 0.1) is 5.92 Å². The van der Waals surface area contributed by atoms with Crippen molar-refractivity contribution >= 4 is 23.3 Å². The van der Waals surface area contributed by atoms with Gasteiger partial charge in [-0.25, -0.2) is 4.79 Å². The van der Waals surface area contributed by atoms with Gasteiger partial charge in [-0.3, -0.25) is 4.79 Å². The second-order valence-corrected chi connectivity index (χ2v) is 7.56. The fourth-order valence-electron chi connectivity index (χ4n) is 3.51. The number of aryl methyl sites for hydroxylation is 2. The van der Waals surface area contributed by atoms with E-state index in [1.165, 1.54) is 5.56 Å². The van der Waals surface area contributed by atoms with Crippen LogP contribution in [-0.4, -0.2) is 25.0 Å². The van der Waals surface area contributed by atoms with E-state index in [4.69, 9.17) is 0 Å². The number of nitrogens with one attached hydrogen (secondary N) is 2. The topological polar surface area (TPSA) is 61.4 Å². The highest BCUT2D eigenvalue weighted by molar-refractivity contribution is 5.97. The summed E-state index contributed by atoms with van der Waals surface area (Å²) < 4.78 is 0. The first-order chi connectivity index (χ1) is 13.5. The van der Waals surface area contributed by atoms with Gasteiger partial charge in [0.1, 0.15) is 0 Å². The molecule has 0 radical (unpaired) electrons. The summed E-state index contributed by atoms with van der Waals surface area (Å²) in [4.78, 5) is 26.6. The van der Waals surface area contributed by atoms with E-state index in [1.807, 2.05) is 55.1 Å². The first-order valence-corrected chi connectivity index (χ1v) is 10.1. The summed E-state index contributed by atoms with van der Waals surface area (Å²) in [7, 11) is 0. The van der Waals surface area contributed by atoms with E-state index in [0.29, 0.717) is 12.2 Å². The molecule has 28 heavy (non-hydrogen) atoms. The van der Waals surface area contributed by atoms with Gasteiger partial charge in [0.25, 0.3) is 0 Å². The Balaban J connectivity index is 1.55. The number of anilines is 2. The summed E-state index contributed by atoms with van der Waals surface area (Å²) in [5.41, 5.74) is 4.07. The van der Waals surface area contributed by atoms with Crippen molar-refractivity contribution in [2.24, 2.45) is 5.92 Å². The molecule has 0 unspecified atom stereocenters. The Morgan fingerprint density at radius 3 is 2.64 bits per heavy atom. The van der Waals surface area contributed by atoms with Gasteiger partial charge < -0.3 is 15.5 Å². The lowest BCUT2D eigenvalue weighted by Crippen LogP contribution is -2.38. The van der Waals surface area contributed by atoms with Gasteiger partial charge in [-0.2, -0.15) is 0 Å². The van der Waals surface area contributed by atoms with Gasteiger partial charge in [-0.15, -0.1) is 0 Å². The Kier molecular flexibility index (Phi) is 6.69. The van der Waals surface area contributed by atoms with Gasteiger partial charge in [0, 0.05) is 30.4 Å². The third-order valence-corrected chi connectivity index (χ3v) is 4.99. The average Bonchev–Trinajstić information content (AvgIpc) is 2.71.